The third-order valence-corrected chi connectivity index (χ3v) is 6.92. The molecule has 3 N–H and O–H groups in total. The molecule has 7 heteroatoms. The Morgan fingerprint density at radius 3 is 2.46 bits per heavy atom. The lowest BCUT2D eigenvalue weighted by Gasteiger charge is -2.34. The molecule has 0 radical (unpaired) electrons. The summed E-state index contributed by atoms with van der Waals surface area (Å²) in [6.45, 7) is 6.88. The van der Waals surface area contributed by atoms with E-state index in [2.05, 4.69) is 10.6 Å². The monoisotopic (exact) mass is 496 g/mol. The third-order valence-electron chi connectivity index (χ3n) is 6.92. The molecule has 1 aliphatic heterocycles. The number of hydrogen-bond donors (Lipinski definition) is 3. The van der Waals surface area contributed by atoms with Crippen molar-refractivity contribution in [2.45, 2.75) is 110 Å². The molecule has 1 aliphatic rings. The number of rotatable bonds is 7. The number of Topliss-reactive ketones (excluding diaryl/α,β-unsaturated/α-hetero) is 3. The molecule has 0 saturated carbocycles. The first-order valence-corrected chi connectivity index (χ1v) is 13.3. The molecular weight excluding hydrogens is 442 g/mol. The standard InChI is InChI=1S/C28H51N3O4/c1-7-8-9-10-14-21(4)28(35)27-24(33)16-13-17-29-26(20(2)3)25(34)19-30-22(5)23(32)15-11-12-18-31(27)6/h9-10,20-22,26-30,35H,7-8,11-19H2,1-6H3/b10-9+/t21-,22+,26+,27-,28?/m1/s1/i1D3. The lowest BCUT2D eigenvalue weighted by atomic mass is 9.89. The van der Waals surface area contributed by atoms with Crippen LogP contribution in [0.15, 0.2) is 12.2 Å². The Bertz CT molecular complexity index is 773. The fourth-order valence-electron chi connectivity index (χ4n) is 4.54. The molecule has 35 heavy (non-hydrogen) atoms. The molecule has 0 aromatic heterocycles. The average Bonchev–Trinajstić information content (AvgIpc) is 2.82. The number of nitrogens with one attached hydrogen (secondary N) is 2. The molecule has 0 bridgehead atoms. The Balaban J connectivity index is 2.93. The molecule has 0 spiro atoms. The molecule has 1 heterocycles. The van der Waals surface area contributed by atoms with E-state index in [4.69, 9.17) is 4.11 Å². The van der Waals surface area contributed by atoms with E-state index in [-0.39, 0.29) is 54.6 Å². The molecule has 1 fully saturated rings. The van der Waals surface area contributed by atoms with E-state index in [1.807, 2.05) is 44.9 Å². The van der Waals surface area contributed by atoms with Gasteiger partial charge < -0.3 is 15.7 Å². The number of hydrogen-bond acceptors (Lipinski definition) is 7. The summed E-state index contributed by atoms with van der Waals surface area (Å²) < 4.78 is 21.9. The quantitative estimate of drug-likeness (QED) is 0.465. The van der Waals surface area contributed by atoms with Crippen LogP contribution in [-0.4, -0.2) is 78.3 Å². The zero-order valence-corrected chi connectivity index (χ0v) is 22.5. The minimum Gasteiger partial charge on any atom is -0.391 e. The number of carbonyl (C=O) groups is 3. The van der Waals surface area contributed by atoms with Crippen LogP contribution in [0.3, 0.4) is 0 Å². The number of likely N-dealkylation sites (N-methyl/N-ethyl adjacent to an activating group) is 1. The van der Waals surface area contributed by atoms with E-state index >= 15 is 0 Å². The number of aliphatic hydroxyl groups excluding tert-OH is 1. The first-order valence-electron chi connectivity index (χ1n) is 14.8. The van der Waals surface area contributed by atoms with Crippen molar-refractivity contribution in [2.75, 3.05) is 26.7 Å². The zero-order valence-electron chi connectivity index (χ0n) is 25.5. The highest BCUT2D eigenvalue weighted by Gasteiger charge is 2.33. The number of allylic oxidation sites excluding steroid dienone is 2. The fraction of sp³-hybridized carbons (Fsp3) is 0.821. The van der Waals surface area contributed by atoms with Crippen molar-refractivity contribution in [3.8, 4) is 0 Å². The van der Waals surface area contributed by atoms with Crippen LogP contribution in [0.25, 0.3) is 0 Å². The lowest BCUT2D eigenvalue weighted by molar-refractivity contribution is -0.129. The Hall–Kier alpha value is -1.41. The summed E-state index contributed by atoms with van der Waals surface area (Å²) in [7, 11) is 1.84. The number of nitrogens with zero attached hydrogens (tertiary/aromatic N) is 1. The van der Waals surface area contributed by atoms with Crippen LogP contribution < -0.4 is 10.6 Å². The van der Waals surface area contributed by atoms with E-state index in [0.29, 0.717) is 51.6 Å². The molecule has 1 rings (SSSR count). The van der Waals surface area contributed by atoms with Gasteiger partial charge in [-0.05, 0) is 71.0 Å². The van der Waals surface area contributed by atoms with Crippen molar-refractivity contribution in [1.82, 2.24) is 15.5 Å². The van der Waals surface area contributed by atoms with E-state index in [9.17, 15) is 19.5 Å². The molecular formula is C28H51N3O4. The van der Waals surface area contributed by atoms with Crippen molar-refractivity contribution < 1.29 is 23.6 Å². The highest BCUT2D eigenvalue weighted by atomic mass is 16.3. The summed E-state index contributed by atoms with van der Waals surface area (Å²) in [5, 5.41) is 17.6. The predicted molar refractivity (Wildman–Crippen MR) is 142 cm³/mol. The molecule has 0 aromatic carbocycles. The van der Waals surface area contributed by atoms with Crippen LogP contribution >= 0.6 is 0 Å². The topological polar surface area (TPSA) is 98.7 Å². The largest absolute Gasteiger partial charge is 0.391 e. The minimum absolute atomic E-state index is 0.00377. The summed E-state index contributed by atoms with van der Waals surface area (Å²) in [4.78, 5) is 40.6. The summed E-state index contributed by atoms with van der Waals surface area (Å²) in [5.74, 6) is -0.0980. The Kier molecular flexibility index (Phi) is 13.0. The van der Waals surface area contributed by atoms with Crippen LogP contribution in [0.4, 0.5) is 0 Å². The average molecular weight is 497 g/mol. The maximum absolute atomic E-state index is 13.3. The van der Waals surface area contributed by atoms with Crippen molar-refractivity contribution in [2.24, 2.45) is 11.8 Å². The second-order valence-electron chi connectivity index (χ2n) is 10.4. The van der Waals surface area contributed by atoms with Gasteiger partial charge in [0.2, 0.25) is 0 Å². The smallest absolute Gasteiger partial charge is 0.163 e. The van der Waals surface area contributed by atoms with Crippen molar-refractivity contribution >= 4 is 17.3 Å². The molecule has 0 aliphatic carbocycles. The predicted octanol–water partition coefficient (Wildman–Crippen LogP) is 3.29. The zero-order chi connectivity index (χ0) is 28.9. The van der Waals surface area contributed by atoms with Gasteiger partial charge in [0.1, 0.15) is 5.78 Å². The Morgan fingerprint density at radius 1 is 1.06 bits per heavy atom. The van der Waals surface area contributed by atoms with E-state index in [1.165, 1.54) is 0 Å². The highest BCUT2D eigenvalue weighted by molar-refractivity contribution is 5.88. The van der Waals surface area contributed by atoms with Crippen molar-refractivity contribution in [1.29, 1.82) is 0 Å². The van der Waals surface area contributed by atoms with Crippen LogP contribution in [0, 0.1) is 11.8 Å². The van der Waals surface area contributed by atoms with Gasteiger partial charge in [-0.25, -0.2) is 0 Å². The van der Waals surface area contributed by atoms with Gasteiger partial charge in [0.15, 0.2) is 11.6 Å². The SMILES string of the molecule is [2H]C([2H])([2H])CC/C=C/C[C@@H](C)C(O)[C@H]1C(=O)CCCN[C@@H](C(C)C)C(=O)CN[C@@H](C)C(=O)CCCCN1C. The number of aliphatic hydroxyl groups is 1. The molecule has 0 aromatic rings. The molecule has 1 unspecified atom stereocenters. The van der Waals surface area contributed by atoms with Gasteiger partial charge >= 0.3 is 0 Å². The van der Waals surface area contributed by atoms with Gasteiger partial charge in [-0.2, -0.15) is 0 Å². The molecule has 202 valence electrons. The summed E-state index contributed by atoms with van der Waals surface area (Å²) in [5.41, 5.74) is 0. The van der Waals surface area contributed by atoms with Gasteiger partial charge in [-0.15, -0.1) is 0 Å². The van der Waals surface area contributed by atoms with Crippen LogP contribution in [0.5, 0.6) is 0 Å². The lowest BCUT2D eigenvalue weighted by Crippen LogP contribution is -2.50. The minimum atomic E-state index is -1.95. The van der Waals surface area contributed by atoms with Gasteiger partial charge in [-0.3, -0.25) is 19.3 Å². The maximum atomic E-state index is 13.3. The summed E-state index contributed by atoms with van der Waals surface area (Å²) in [6.07, 6.45) is 6.53. The van der Waals surface area contributed by atoms with Crippen LogP contribution in [0.2, 0.25) is 0 Å². The molecule has 1 saturated heterocycles. The fourth-order valence-corrected chi connectivity index (χ4v) is 4.54. The third kappa shape index (κ3) is 11.5. The second kappa shape index (κ2) is 17.1. The van der Waals surface area contributed by atoms with E-state index in [0.717, 1.165) is 0 Å². The molecule has 7 nitrogen and oxygen atoms in total. The van der Waals surface area contributed by atoms with Crippen molar-refractivity contribution in [3.05, 3.63) is 12.2 Å². The van der Waals surface area contributed by atoms with Gasteiger partial charge in [0.25, 0.3) is 0 Å². The summed E-state index contributed by atoms with van der Waals surface area (Å²) >= 11 is 0. The first kappa shape index (κ1) is 26.6. The molecule has 5 atom stereocenters. The van der Waals surface area contributed by atoms with Gasteiger partial charge in [0.05, 0.1) is 30.8 Å². The van der Waals surface area contributed by atoms with Crippen LogP contribution in [-0.2, 0) is 14.4 Å². The van der Waals surface area contributed by atoms with Crippen LogP contribution in [0.1, 0.15) is 90.0 Å². The van der Waals surface area contributed by atoms with Gasteiger partial charge in [0, 0.05) is 17.0 Å². The van der Waals surface area contributed by atoms with E-state index in [1.54, 1.807) is 6.92 Å². The normalized spacial score (nSPS) is 28.9. The van der Waals surface area contributed by atoms with Gasteiger partial charge in [-0.1, -0.05) is 46.2 Å². The highest BCUT2D eigenvalue weighted by Crippen LogP contribution is 2.20. The summed E-state index contributed by atoms with van der Waals surface area (Å²) in [6, 6.07) is -1.43. The second-order valence-corrected chi connectivity index (χ2v) is 10.4. The maximum Gasteiger partial charge on any atom is 0.163 e. The van der Waals surface area contributed by atoms with Crippen molar-refractivity contribution in [3.63, 3.8) is 0 Å². The number of ketones is 3. The van der Waals surface area contributed by atoms with E-state index < -0.39 is 25.0 Å². The number of carbonyl (C=O) groups excluding carboxylic acids is 3. The Labute approximate surface area is 217 Å². The first-order chi connectivity index (χ1) is 17.7. The molecule has 0 amide bonds. The Morgan fingerprint density at radius 2 is 1.77 bits per heavy atom.